The first-order chi connectivity index (χ1) is 8.27. The Bertz CT molecular complexity index is 392. The van der Waals surface area contributed by atoms with E-state index in [4.69, 9.17) is 0 Å². The van der Waals surface area contributed by atoms with Gasteiger partial charge in [-0.15, -0.1) is 0 Å². The minimum atomic E-state index is -0.312. The topological polar surface area (TPSA) is 55.2 Å². The van der Waals surface area contributed by atoms with E-state index in [-0.39, 0.29) is 10.6 Å². The lowest BCUT2D eigenvalue weighted by Gasteiger charge is -2.22. The van der Waals surface area contributed by atoms with Crippen LogP contribution in [0.5, 0.6) is 0 Å². The molecule has 2 rings (SSSR count). The molecule has 1 aliphatic rings. The number of thioether (sulfide) groups is 1. The number of hydrogen-bond acceptors (Lipinski definition) is 4. The molecule has 92 valence electrons. The van der Waals surface area contributed by atoms with Gasteiger partial charge in [-0.05, 0) is 24.3 Å². The molecule has 1 fully saturated rings. The maximum Gasteiger partial charge on any atom is 0.273 e. The van der Waals surface area contributed by atoms with Gasteiger partial charge < -0.3 is 5.32 Å². The van der Waals surface area contributed by atoms with Crippen molar-refractivity contribution in [1.82, 2.24) is 5.32 Å². The number of nitro groups is 1. The molecule has 1 N–H and O–H groups in total. The first-order valence-electron chi connectivity index (χ1n) is 5.81. The summed E-state index contributed by atoms with van der Waals surface area (Å²) in [6, 6.07) is 7.45. The Morgan fingerprint density at radius 2 is 2.06 bits per heavy atom. The standard InChI is InChI=1S/C12H16N2O2S/c15-14(16)12-4-2-1-3-10(12)9-13-11-5-7-17-8-6-11/h1-4,11,13H,5-9H2. The molecular formula is C12H16N2O2S. The second-order valence-corrected chi connectivity index (χ2v) is 5.38. The van der Waals surface area contributed by atoms with Gasteiger partial charge >= 0.3 is 0 Å². The van der Waals surface area contributed by atoms with Crippen molar-refractivity contribution >= 4 is 17.4 Å². The highest BCUT2D eigenvalue weighted by Crippen LogP contribution is 2.20. The number of nitrogens with zero attached hydrogens (tertiary/aromatic N) is 1. The van der Waals surface area contributed by atoms with Crippen LogP contribution < -0.4 is 5.32 Å². The minimum Gasteiger partial charge on any atom is -0.310 e. The van der Waals surface area contributed by atoms with E-state index in [9.17, 15) is 10.1 Å². The Morgan fingerprint density at radius 1 is 1.35 bits per heavy atom. The van der Waals surface area contributed by atoms with Crippen LogP contribution >= 0.6 is 11.8 Å². The molecule has 1 heterocycles. The Morgan fingerprint density at radius 3 is 2.76 bits per heavy atom. The van der Waals surface area contributed by atoms with Crippen LogP contribution in [0.15, 0.2) is 24.3 Å². The molecule has 0 radical (unpaired) electrons. The van der Waals surface area contributed by atoms with Crippen molar-refractivity contribution in [2.45, 2.75) is 25.4 Å². The van der Waals surface area contributed by atoms with Crippen molar-refractivity contribution in [2.75, 3.05) is 11.5 Å². The molecular weight excluding hydrogens is 236 g/mol. The average molecular weight is 252 g/mol. The molecule has 0 amide bonds. The van der Waals surface area contributed by atoms with Gasteiger partial charge in [0.2, 0.25) is 0 Å². The highest BCUT2D eigenvalue weighted by atomic mass is 32.2. The monoisotopic (exact) mass is 252 g/mol. The van der Waals surface area contributed by atoms with Crippen LogP contribution in [-0.2, 0) is 6.54 Å². The third-order valence-corrected chi connectivity index (χ3v) is 4.04. The number of benzene rings is 1. The summed E-state index contributed by atoms with van der Waals surface area (Å²) in [5.41, 5.74) is 0.987. The Hall–Kier alpha value is -1.07. The maximum absolute atomic E-state index is 10.8. The van der Waals surface area contributed by atoms with Crippen LogP contribution in [0.2, 0.25) is 0 Å². The summed E-state index contributed by atoms with van der Waals surface area (Å²) in [4.78, 5) is 10.5. The molecule has 4 nitrogen and oxygen atoms in total. The third kappa shape index (κ3) is 3.44. The van der Waals surface area contributed by atoms with Gasteiger partial charge in [0, 0.05) is 24.2 Å². The Kier molecular flexibility index (Phi) is 4.39. The molecule has 0 spiro atoms. The highest BCUT2D eigenvalue weighted by molar-refractivity contribution is 7.99. The van der Waals surface area contributed by atoms with Gasteiger partial charge in [-0.3, -0.25) is 10.1 Å². The molecule has 1 aliphatic heterocycles. The normalized spacial score (nSPS) is 16.9. The number of rotatable bonds is 4. The van der Waals surface area contributed by atoms with E-state index in [2.05, 4.69) is 5.32 Å². The van der Waals surface area contributed by atoms with Gasteiger partial charge in [0.15, 0.2) is 0 Å². The van der Waals surface area contributed by atoms with E-state index in [1.807, 2.05) is 23.9 Å². The summed E-state index contributed by atoms with van der Waals surface area (Å²) >= 11 is 1.98. The van der Waals surface area contributed by atoms with Crippen molar-refractivity contribution in [3.05, 3.63) is 39.9 Å². The number of nitrogens with one attached hydrogen (secondary N) is 1. The second-order valence-electron chi connectivity index (χ2n) is 4.15. The second kappa shape index (κ2) is 6.02. The van der Waals surface area contributed by atoms with E-state index < -0.39 is 0 Å². The summed E-state index contributed by atoms with van der Waals surface area (Å²) in [5, 5.41) is 14.3. The first kappa shape index (κ1) is 12.4. The molecule has 0 aliphatic carbocycles. The van der Waals surface area contributed by atoms with Crippen LogP contribution in [0.1, 0.15) is 18.4 Å². The minimum absolute atomic E-state index is 0.213. The fraction of sp³-hybridized carbons (Fsp3) is 0.500. The zero-order valence-electron chi connectivity index (χ0n) is 9.59. The van der Waals surface area contributed by atoms with Crippen molar-refractivity contribution in [3.63, 3.8) is 0 Å². The van der Waals surface area contributed by atoms with Crippen LogP contribution in [0.25, 0.3) is 0 Å². The van der Waals surface area contributed by atoms with Crippen molar-refractivity contribution < 1.29 is 4.92 Å². The van der Waals surface area contributed by atoms with Gasteiger partial charge in [0.05, 0.1) is 4.92 Å². The van der Waals surface area contributed by atoms with Gasteiger partial charge in [-0.25, -0.2) is 0 Å². The molecule has 17 heavy (non-hydrogen) atoms. The predicted molar refractivity (Wildman–Crippen MR) is 70.3 cm³/mol. The van der Waals surface area contributed by atoms with Crippen LogP contribution in [0, 0.1) is 10.1 Å². The molecule has 1 aromatic rings. The molecule has 0 aromatic heterocycles. The van der Waals surface area contributed by atoms with E-state index in [0.717, 1.165) is 18.4 Å². The van der Waals surface area contributed by atoms with Gasteiger partial charge in [-0.1, -0.05) is 18.2 Å². The quantitative estimate of drug-likeness (QED) is 0.661. The van der Waals surface area contributed by atoms with Crippen LogP contribution in [-0.4, -0.2) is 22.5 Å². The van der Waals surface area contributed by atoms with E-state index in [1.54, 1.807) is 12.1 Å². The van der Waals surface area contributed by atoms with Gasteiger partial charge in [-0.2, -0.15) is 11.8 Å². The lowest BCUT2D eigenvalue weighted by Crippen LogP contribution is -2.32. The zero-order valence-corrected chi connectivity index (χ0v) is 10.4. The Balaban J connectivity index is 1.96. The first-order valence-corrected chi connectivity index (χ1v) is 6.96. The van der Waals surface area contributed by atoms with Crippen LogP contribution in [0.4, 0.5) is 5.69 Å². The fourth-order valence-electron chi connectivity index (χ4n) is 1.99. The third-order valence-electron chi connectivity index (χ3n) is 2.99. The molecule has 0 bridgehead atoms. The SMILES string of the molecule is O=[N+]([O-])c1ccccc1CNC1CCSCC1. The van der Waals surface area contributed by atoms with Crippen molar-refractivity contribution in [3.8, 4) is 0 Å². The molecule has 0 unspecified atom stereocenters. The van der Waals surface area contributed by atoms with Gasteiger partial charge in [0.25, 0.3) is 5.69 Å². The maximum atomic E-state index is 10.8. The summed E-state index contributed by atoms with van der Waals surface area (Å²) in [6.07, 6.45) is 2.32. The lowest BCUT2D eigenvalue weighted by atomic mass is 10.1. The average Bonchev–Trinajstić information content (AvgIpc) is 2.38. The zero-order chi connectivity index (χ0) is 12.1. The Labute approximate surface area is 105 Å². The molecule has 1 aromatic carbocycles. The predicted octanol–water partition coefficient (Wildman–Crippen LogP) is 2.58. The summed E-state index contributed by atoms with van der Waals surface area (Å²) < 4.78 is 0. The molecule has 1 saturated heterocycles. The fourth-order valence-corrected chi connectivity index (χ4v) is 3.10. The number of nitro benzene ring substituents is 1. The highest BCUT2D eigenvalue weighted by Gasteiger charge is 2.16. The molecule has 0 atom stereocenters. The van der Waals surface area contributed by atoms with Crippen molar-refractivity contribution in [2.24, 2.45) is 0 Å². The molecule has 5 heteroatoms. The molecule has 0 saturated carbocycles. The summed E-state index contributed by atoms with van der Waals surface area (Å²) in [5.74, 6) is 2.38. The largest absolute Gasteiger partial charge is 0.310 e. The number of para-hydroxylation sites is 1. The smallest absolute Gasteiger partial charge is 0.273 e. The lowest BCUT2D eigenvalue weighted by molar-refractivity contribution is -0.385. The summed E-state index contributed by atoms with van der Waals surface area (Å²) in [6.45, 7) is 0.590. The van der Waals surface area contributed by atoms with E-state index in [1.165, 1.54) is 11.5 Å². The van der Waals surface area contributed by atoms with Crippen molar-refractivity contribution in [1.29, 1.82) is 0 Å². The number of hydrogen-bond donors (Lipinski definition) is 1. The summed E-state index contributed by atoms with van der Waals surface area (Å²) in [7, 11) is 0. The van der Waals surface area contributed by atoms with E-state index in [0.29, 0.717) is 12.6 Å². The van der Waals surface area contributed by atoms with Gasteiger partial charge in [0.1, 0.15) is 0 Å². The van der Waals surface area contributed by atoms with Crippen LogP contribution in [0.3, 0.4) is 0 Å². The van der Waals surface area contributed by atoms with E-state index >= 15 is 0 Å².